The lowest BCUT2D eigenvalue weighted by molar-refractivity contribution is -0.141. The molecule has 0 aromatic carbocycles. The Morgan fingerprint density at radius 2 is 1.59 bits per heavy atom. The van der Waals surface area contributed by atoms with Crippen LogP contribution in [0.15, 0.2) is 0 Å². The second-order valence-electron chi connectivity index (χ2n) is 6.57. The number of aliphatic carboxylic acids is 1. The van der Waals surface area contributed by atoms with Crippen LogP contribution >= 0.6 is 11.8 Å². The molecule has 0 saturated heterocycles. The van der Waals surface area contributed by atoms with E-state index in [9.17, 15) is 19.2 Å². The molecule has 0 rings (SSSR count). The van der Waals surface area contributed by atoms with Gasteiger partial charge in [-0.25, -0.2) is 0 Å². The summed E-state index contributed by atoms with van der Waals surface area (Å²) < 4.78 is 0. The van der Waals surface area contributed by atoms with Gasteiger partial charge in [0.25, 0.3) is 0 Å². The normalized spacial score (nSPS) is 16.4. The minimum Gasteiger partial charge on any atom is -0.480 e. The number of carbonyl (C=O) groups is 4. The zero-order valence-corrected chi connectivity index (χ0v) is 17.4. The molecule has 5 unspecified atom stereocenters. The van der Waals surface area contributed by atoms with Gasteiger partial charge in [0.1, 0.15) is 18.1 Å². The van der Waals surface area contributed by atoms with Gasteiger partial charge in [0.15, 0.2) is 0 Å². The molecule has 0 fully saturated rings. The summed E-state index contributed by atoms with van der Waals surface area (Å²) in [6.07, 6.45) is 2.83. The second kappa shape index (κ2) is 12.6. The minimum atomic E-state index is -1.17. The average Bonchev–Trinajstić information content (AvgIpc) is 2.61. The molecule has 0 heterocycles. The first-order chi connectivity index (χ1) is 12.5. The quantitative estimate of drug-likeness (QED) is 0.299. The van der Waals surface area contributed by atoms with Gasteiger partial charge in [0.05, 0.1) is 6.04 Å². The second-order valence-corrected chi connectivity index (χ2v) is 7.56. The molecule has 0 saturated carbocycles. The van der Waals surface area contributed by atoms with Crippen molar-refractivity contribution in [2.75, 3.05) is 12.0 Å². The standard InChI is InChI=1S/C17H32N4O5S/c1-6-9(2)13(21-14(22)10(3)18)16(24)20-12(7-8-27-5)15(23)19-11(4)17(25)26/h9-13H,6-8,18H2,1-5H3,(H,19,23)(H,20,24)(H,21,22)(H,25,26). The maximum absolute atomic E-state index is 12.7. The number of nitrogens with two attached hydrogens (primary N) is 1. The van der Waals surface area contributed by atoms with Gasteiger partial charge in [-0.1, -0.05) is 20.3 Å². The van der Waals surface area contributed by atoms with Crippen LogP contribution in [0.3, 0.4) is 0 Å². The van der Waals surface area contributed by atoms with E-state index >= 15 is 0 Å². The molecule has 0 bridgehead atoms. The van der Waals surface area contributed by atoms with Crippen LogP contribution in [0.25, 0.3) is 0 Å². The average molecular weight is 405 g/mol. The van der Waals surface area contributed by atoms with Crippen LogP contribution < -0.4 is 21.7 Å². The van der Waals surface area contributed by atoms with Crippen LogP contribution in [0.1, 0.15) is 40.5 Å². The Hall–Kier alpha value is -1.81. The fourth-order valence-corrected chi connectivity index (χ4v) is 2.60. The summed E-state index contributed by atoms with van der Waals surface area (Å²) >= 11 is 1.50. The van der Waals surface area contributed by atoms with Gasteiger partial charge in [0, 0.05) is 0 Å². The van der Waals surface area contributed by atoms with Crippen molar-refractivity contribution in [3.8, 4) is 0 Å². The molecule has 9 nitrogen and oxygen atoms in total. The van der Waals surface area contributed by atoms with Crippen molar-refractivity contribution in [2.24, 2.45) is 11.7 Å². The molecule has 10 heteroatoms. The van der Waals surface area contributed by atoms with E-state index in [1.807, 2.05) is 20.1 Å². The predicted molar refractivity (Wildman–Crippen MR) is 105 cm³/mol. The van der Waals surface area contributed by atoms with Crippen LogP contribution in [0.4, 0.5) is 0 Å². The maximum atomic E-state index is 12.7. The summed E-state index contributed by atoms with van der Waals surface area (Å²) in [5.41, 5.74) is 5.56. The fourth-order valence-electron chi connectivity index (χ4n) is 2.13. The van der Waals surface area contributed by atoms with Crippen molar-refractivity contribution < 1.29 is 24.3 Å². The highest BCUT2D eigenvalue weighted by Gasteiger charge is 2.31. The summed E-state index contributed by atoms with van der Waals surface area (Å²) in [5.74, 6) is -2.27. The lowest BCUT2D eigenvalue weighted by Gasteiger charge is -2.27. The van der Waals surface area contributed by atoms with Gasteiger partial charge in [-0.2, -0.15) is 11.8 Å². The van der Waals surface area contributed by atoms with Gasteiger partial charge in [-0.15, -0.1) is 0 Å². The lowest BCUT2D eigenvalue weighted by atomic mass is 9.97. The fraction of sp³-hybridized carbons (Fsp3) is 0.765. The molecule has 6 N–H and O–H groups in total. The monoisotopic (exact) mass is 404 g/mol. The Morgan fingerprint density at radius 3 is 2.04 bits per heavy atom. The van der Waals surface area contributed by atoms with Crippen molar-refractivity contribution in [1.29, 1.82) is 0 Å². The van der Waals surface area contributed by atoms with Crippen molar-refractivity contribution >= 4 is 35.5 Å². The van der Waals surface area contributed by atoms with Crippen molar-refractivity contribution in [1.82, 2.24) is 16.0 Å². The predicted octanol–water partition coefficient (Wildman–Crippen LogP) is -0.308. The molecule has 0 aliphatic heterocycles. The van der Waals surface area contributed by atoms with Gasteiger partial charge in [0.2, 0.25) is 17.7 Å². The van der Waals surface area contributed by atoms with Gasteiger partial charge in [-0.3, -0.25) is 19.2 Å². The summed E-state index contributed by atoms with van der Waals surface area (Å²) in [5, 5.41) is 16.6. The van der Waals surface area contributed by atoms with E-state index in [0.29, 0.717) is 18.6 Å². The van der Waals surface area contributed by atoms with Crippen LogP contribution in [0.5, 0.6) is 0 Å². The van der Waals surface area contributed by atoms with Crippen molar-refractivity contribution in [3.63, 3.8) is 0 Å². The number of hydrogen-bond donors (Lipinski definition) is 5. The Balaban J connectivity index is 5.26. The SMILES string of the molecule is CCC(C)C(NC(=O)C(C)N)C(=O)NC(CCSC)C(=O)NC(C)C(=O)O. The Labute approximate surface area is 164 Å². The van der Waals surface area contributed by atoms with Gasteiger partial charge in [-0.05, 0) is 38.2 Å². The van der Waals surface area contributed by atoms with E-state index in [1.54, 1.807) is 0 Å². The Morgan fingerprint density at radius 1 is 1.00 bits per heavy atom. The molecule has 0 aliphatic carbocycles. The molecule has 0 aromatic rings. The molecule has 0 aliphatic rings. The largest absolute Gasteiger partial charge is 0.480 e. The minimum absolute atomic E-state index is 0.171. The van der Waals surface area contributed by atoms with Crippen LogP contribution in [0.2, 0.25) is 0 Å². The van der Waals surface area contributed by atoms with E-state index < -0.39 is 47.9 Å². The van der Waals surface area contributed by atoms with E-state index in [1.165, 1.54) is 25.6 Å². The molecule has 5 atom stereocenters. The summed E-state index contributed by atoms with van der Waals surface area (Å²) in [6.45, 7) is 6.56. The zero-order valence-electron chi connectivity index (χ0n) is 16.6. The number of thioether (sulfide) groups is 1. The van der Waals surface area contributed by atoms with Gasteiger partial charge < -0.3 is 26.8 Å². The van der Waals surface area contributed by atoms with Crippen LogP contribution in [0, 0.1) is 5.92 Å². The molecule has 156 valence electrons. The molecule has 0 spiro atoms. The topological polar surface area (TPSA) is 151 Å². The summed E-state index contributed by atoms with van der Waals surface area (Å²) in [6, 6.07) is -3.58. The van der Waals surface area contributed by atoms with Crippen LogP contribution in [-0.4, -0.2) is 65.0 Å². The molecule has 0 aromatic heterocycles. The highest BCUT2D eigenvalue weighted by Crippen LogP contribution is 2.10. The van der Waals surface area contributed by atoms with Crippen molar-refractivity contribution in [2.45, 2.75) is 64.7 Å². The number of carbonyl (C=O) groups excluding carboxylic acids is 3. The lowest BCUT2D eigenvalue weighted by Crippen LogP contribution is -2.58. The Kier molecular flexibility index (Phi) is 11.7. The van der Waals surface area contributed by atoms with E-state index in [2.05, 4.69) is 16.0 Å². The van der Waals surface area contributed by atoms with E-state index in [4.69, 9.17) is 10.8 Å². The molecular weight excluding hydrogens is 372 g/mol. The first-order valence-electron chi connectivity index (χ1n) is 8.93. The third-order valence-corrected chi connectivity index (χ3v) is 4.82. The first kappa shape index (κ1) is 25.2. The highest BCUT2D eigenvalue weighted by atomic mass is 32.2. The third kappa shape index (κ3) is 9.09. The number of amides is 3. The third-order valence-electron chi connectivity index (χ3n) is 4.18. The van der Waals surface area contributed by atoms with E-state index in [-0.39, 0.29) is 5.92 Å². The number of carboxylic acids is 1. The molecular formula is C17H32N4O5S. The molecule has 3 amide bonds. The Bertz CT molecular complexity index is 529. The zero-order chi connectivity index (χ0) is 21.1. The van der Waals surface area contributed by atoms with E-state index in [0.717, 1.165) is 0 Å². The van der Waals surface area contributed by atoms with Crippen LogP contribution in [-0.2, 0) is 19.2 Å². The first-order valence-corrected chi connectivity index (χ1v) is 10.3. The summed E-state index contributed by atoms with van der Waals surface area (Å²) in [7, 11) is 0. The summed E-state index contributed by atoms with van der Waals surface area (Å²) in [4.78, 5) is 48.0. The number of hydrogen-bond acceptors (Lipinski definition) is 6. The molecule has 27 heavy (non-hydrogen) atoms. The number of nitrogens with one attached hydrogen (secondary N) is 3. The maximum Gasteiger partial charge on any atom is 0.325 e. The molecule has 0 radical (unpaired) electrons. The van der Waals surface area contributed by atoms with Crippen molar-refractivity contribution in [3.05, 3.63) is 0 Å². The number of carboxylic acid groups (broad SMARTS) is 1. The highest BCUT2D eigenvalue weighted by molar-refractivity contribution is 7.98. The smallest absolute Gasteiger partial charge is 0.325 e. The van der Waals surface area contributed by atoms with Gasteiger partial charge >= 0.3 is 5.97 Å². The number of rotatable bonds is 12.